The van der Waals surface area contributed by atoms with Gasteiger partial charge in [0.05, 0.1) is 23.2 Å². The molecule has 5 aromatic rings. The summed E-state index contributed by atoms with van der Waals surface area (Å²) in [5, 5.41) is 3.61. The number of carbonyl (C=O) groups is 1. The van der Waals surface area contributed by atoms with Gasteiger partial charge in [0.25, 0.3) is 15.9 Å². The first-order valence-electron chi connectivity index (χ1n) is 13.6. The summed E-state index contributed by atoms with van der Waals surface area (Å²) in [6.45, 7) is 3.95. The van der Waals surface area contributed by atoms with Crippen LogP contribution in [0.15, 0.2) is 132 Å². The SMILES string of the molecule is Cc1ccc([C@@H](NC(=O)c2ccc(CN(c3cc(Cl)ccc3C)S(=O)(=O)c3ccccc3)cc2)c2ccccc2)cc1. The second kappa shape index (κ2) is 12.6. The van der Waals surface area contributed by atoms with Crippen molar-refractivity contribution in [3.63, 3.8) is 0 Å². The van der Waals surface area contributed by atoms with E-state index >= 15 is 0 Å². The highest BCUT2D eigenvalue weighted by Crippen LogP contribution is 2.31. The molecule has 0 aromatic heterocycles. The Kier molecular flexibility index (Phi) is 8.76. The van der Waals surface area contributed by atoms with E-state index in [1.54, 1.807) is 72.8 Å². The average Bonchev–Trinajstić information content (AvgIpc) is 3.01. The summed E-state index contributed by atoms with van der Waals surface area (Å²) >= 11 is 6.29. The molecule has 1 amide bonds. The van der Waals surface area contributed by atoms with Gasteiger partial charge < -0.3 is 5.32 Å². The summed E-state index contributed by atoms with van der Waals surface area (Å²) in [4.78, 5) is 13.6. The minimum absolute atomic E-state index is 0.0658. The summed E-state index contributed by atoms with van der Waals surface area (Å²) < 4.78 is 29.0. The number of sulfonamides is 1. The minimum Gasteiger partial charge on any atom is -0.341 e. The zero-order chi connectivity index (χ0) is 29.7. The number of aryl methyl sites for hydroxylation is 2. The van der Waals surface area contributed by atoms with Crippen LogP contribution in [0.1, 0.15) is 44.2 Å². The number of halogens is 1. The van der Waals surface area contributed by atoms with Crippen molar-refractivity contribution in [3.8, 4) is 0 Å². The monoisotopic (exact) mass is 594 g/mol. The van der Waals surface area contributed by atoms with Crippen molar-refractivity contribution in [2.75, 3.05) is 4.31 Å². The van der Waals surface area contributed by atoms with Gasteiger partial charge in [-0.3, -0.25) is 9.10 Å². The van der Waals surface area contributed by atoms with Crippen molar-refractivity contribution in [3.05, 3.63) is 166 Å². The largest absolute Gasteiger partial charge is 0.341 e. The Morgan fingerprint density at radius 1 is 0.762 bits per heavy atom. The Balaban J connectivity index is 1.42. The summed E-state index contributed by atoms with van der Waals surface area (Å²) in [6.07, 6.45) is 0. The second-order valence-electron chi connectivity index (χ2n) is 10.2. The molecule has 0 radical (unpaired) electrons. The normalized spacial score (nSPS) is 12.0. The topological polar surface area (TPSA) is 66.5 Å². The molecule has 0 aliphatic carbocycles. The van der Waals surface area contributed by atoms with E-state index in [1.165, 1.54) is 4.31 Å². The fourth-order valence-electron chi connectivity index (χ4n) is 4.78. The van der Waals surface area contributed by atoms with Crippen LogP contribution in [-0.2, 0) is 16.6 Å². The lowest BCUT2D eigenvalue weighted by Crippen LogP contribution is -2.31. The number of anilines is 1. The molecule has 1 atom stereocenters. The molecule has 0 unspecified atom stereocenters. The Hall–Kier alpha value is -4.39. The second-order valence-corrected chi connectivity index (χ2v) is 12.5. The highest BCUT2D eigenvalue weighted by atomic mass is 35.5. The van der Waals surface area contributed by atoms with E-state index in [2.05, 4.69) is 5.32 Å². The van der Waals surface area contributed by atoms with Gasteiger partial charge in [0, 0.05) is 10.6 Å². The van der Waals surface area contributed by atoms with Crippen molar-refractivity contribution < 1.29 is 13.2 Å². The van der Waals surface area contributed by atoms with Crippen LogP contribution in [-0.4, -0.2) is 14.3 Å². The van der Waals surface area contributed by atoms with E-state index in [0.717, 1.165) is 27.8 Å². The minimum atomic E-state index is -3.90. The van der Waals surface area contributed by atoms with Gasteiger partial charge in [0.2, 0.25) is 0 Å². The number of hydrogen-bond acceptors (Lipinski definition) is 3. The third-order valence-corrected chi connectivity index (χ3v) is 9.14. The predicted molar refractivity (Wildman–Crippen MR) is 169 cm³/mol. The average molecular weight is 595 g/mol. The maximum Gasteiger partial charge on any atom is 0.264 e. The molecular formula is C35H31ClN2O3S. The molecule has 0 saturated carbocycles. The summed E-state index contributed by atoms with van der Waals surface area (Å²) in [5.41, 5.74) is 5.57. The lowest BCUT2D eigenvalue weighted by Gasteiger charge is -2.26. The van der Waals surface area contributed by atoms with E-state index in [0.29, 0.717) is 16.3 Å². The molecule has 0 spiro atoms. The molecule has 1 N–H and O–H groups in total. The van der Waals surface area contributed by atoms with E-state index in [4.69, 9.17) is 11.6 Å². The number of carbonyl (C=O) groups excluding carboxylic acids is 1. The lowest BCUT2D eigenvalue weighted by atomic mass is 9.97. The lowest BCUT2D eigenvalue weighted by molar-refractivity contribution is 0.0943. The van der Waals surface area contributed by atoms with Gasteiger partial charge >= 0.3 is 0 Å². The van der Waals surface area contributed by atoms with Gasteiger partial charge in [-0.15, -0.1) is 0 Å². The van der Waals surface area contributed by atoms with E-state index in [9.17, 15) is 13.2 Å². The van der Waals surface area contributed by atoms with Crippen LogP contribution in [0, 0.1) is 13.8 Å². The Labute approximate surface area is 252 Å². The number of rotatable bonds is 9. The van der Waals surface area contributed by atoms with Crippen LogP contribution in [0.2, 0.25) is 5.02 Å². The molecule has 5 rings (SSSR count). The van der Waals surface area contributed by atoms with Crippen LogP contribution >= 0.6 is 11.6 Å². The summed E-state index contributed by atoms with van der Waals surface area (Å²) in [7, 11) is -3.90. The van der Waals surface area contributed by atoms with Gasteiger partial charge in [0.1, 0.15) is 0 Å². The van der Waals surface area contributed by atoms with E-state index in [1.807, 2.05) is 68.4 Å². The van der Waals surface area contributed by atoms with Crippen molar-refractivity contribution in [2.45, 2.75) is 31.3 Å². The first kappa shape index (κ1) is 29.1. The van der Waals surface area contributed by atoms with Gasteiger partial charge in [-0.1, -0.05) is 108 Å². The molecule has 42 heavy (non-hydrogen) atoms. The maximum absolute atomic E-state index is 13.8. The molecule has 0 aliphatic heterocycles. The number of benzene rings is 5. The summed E-state index contributed by atoms with van der Waals surface area (Å²) in [6, 6.07) is 38.2. The Morgan fingerprint density at radius 2 is 1.36 bits per heavy atom. The fraction of sp³-hybridized carbons (Fsp3) is 0.114. The zero-order valence-electron chi connectivity index (χ0n) is 23.4. The van der Waals surface area contributed by atoms with Crippen molar-refractivity contribution in [1.29, 1.82) is 0 Å². The number of nitrogens with zero attached hydrogens (tertiary/aromatic N) is 1. The standard InChI is InChI=1S/C35H31ClN2O3S/c1-25-13-18-29(19-14-25)34(28-9-5-3-6-10-28)37-35(39)30-20-16-27(17-21-30)24-38(33-23-31(36)22-15-26(33)2)42(40,41)32-11-7-4-8-12-32/h3-23,34H,24H2,1-2H3,(H,37,39)/t34-/m0/s1. The van der Waals surface area contributed by atoms with Crippen molar-refractivity contribution in [1.82, 2.24) is 5.32 Å². The first-order valence-corrected chi connectivity index (χ1v) is 15.4. The maximum atomic E-state index is 13.8. The molecule has 5 nitrogen and oxygen atoms in total. The Morgan fingerprint density at radius 3 is 2.00 bits per heavy atom. The van der Waals surface area contributed by atoms with Crippen LogP contribution < -0.4 is 9.62 Å². The molecule has 0 aliphatic rings. The fourth-order valence-corrected chi connectivity index (χ4v) is 6.47. The van der Waals surface area contributed by atoms with Gasteiger partial charge in [-0.2, -0.15) is 0 Å². The molecule has 5 aromatic carbocycles. The molecule has 0 heterocycles. The van der Waals surface area contributed by atoms with Gasteiger partial charge in [-0.05, 0) is 72.5 Å². The number of amides is 1. The highest BCUT2D eigenvalue weighted by Gasteiger charge is 2.27. The third kappa shape index (κ3) is 6.56. The van der Waals surface area contributed by atoms with E-state index < -0.39 is 10.0 Å². The van der Waals surface area contributed by atoms with Crippen molar-refractivity contribution >= 4 is 33.2 Å². The zero-order valence-corrected chi connectivity index (χ0v) is 24.9. The molecule has 0 fully saturated rings. The number of nitrogens with one attached hydrogen (secondary N) is 1. The third-order valence-electron chi connectivity index (χ3n) is 7.13. The quantitative estimate of drug-likeness (QED) is 0.189. The smallest absolute Gasteiger partial charge is 0.264 e. The first-order chi connectivity index (χ1) is 20.2. The summed E-state index contributed by atoms with van der Waals surface area (Å²) in [5.74, 6) is -0.226. The van der Waals surface area contributed by atoms with Crippen LogP contribution in [0.5, 0.6) is 0 Å². The molecule has 212 valence electrons. The van der Waals surface area contributed by atoms with Gasteiger partial charge in [0.15, 0.2) is 0 Å². The Bertz CT molecular complexity index is 1770. The van der Waals surface area contributed by atoms with Crippen LogP contribution in [0.25, 0.3) is 0 Å². The van der Waals surface area contributed by atoms with E-state index in [-0.39, 0.29) is 23.4 Å². The van der Waals surface area contributed by atoms with Crippen LogP contribution in [0.4, 0.5) is 5.69 Å². The molecule has 0 saturated heterocycles. The van der Waals surface area contributed by atoms with Crippen LogP contribution in [0.3, 0.4) is 0 Å². The number of hydrogen-bond donors (Lipinski definition) is 1. The highest BCUT2D eigenvalue weighted by molar-refractivity contribution is 7.92. The predicted octanol–water partition coefficient (Wildman–Crippen LogP) is 7.87. The molecule has 7 heteroatoms. The van der Waals surface area contributed by atoms with Gasteiger partial charge in [-0.25, -0.2) is 8.42 Å². The van der Waals surface area contributed by atoms with Crippen molar-refractivity contribution in [2.24, 2.45) is 0 Å². The molecular weight excluding hydrogens is 564 g/mol. The molecule has 0 bridgehead atoms.